The molecule has 1 aliphatic rings. The number of hydrogen-bond donors (Lipinski definition) is 2. The van der Waals surface area contributed by atoms with Crippen molar-refractivity contribution < 1.29 is 9.90 Å². The van der Waals surface area contributed by atoms with Crippen LogP contribution in [-0.4, -0.2) is 31.8 Å². The molecule has 7 heteroatoms. The number of carbonyl (C=O) groups is 1. The summed E-state index contributed by atoms with van der Waals surface area (Å²) in [6.07, 6.45) is 5.50. The Kier molecular flexibility index (Phi) is 5.94. The molecular weight excluding hydrogens is 352 g/mol. The number of rotatable bonds is 5. The molecule has 0 aliphatic heterocycles. The molecule has 1 fully saturated rings. The highest BCUT2D eigenvalue weighted by atomic mass is 35.5. The third-order valence-corrected chi connectivity index (χ3v) is 5.27. The fourth-order valence-electron chi connectivity index (χ4n) is 3.62. The number of aliphatic hydroxyl groups excluding tert-OH is 1. The Hall–Kier alpha value is -1.92. The van der Waals surface area contributed by atoms with Gasteiger partial charge in [-0.25, -0.2) is 0 Å². The van der Waals surface area contributed by atoms with Crippen LogP contribution < -0.4 is 5.32 Å². The van der Waals surface area contributed by atoms with Gasteiger partial charge in [-0.15, -0.1) is 0 Å². The molecule has 26 heavy (non-hydrogen) atoms. The summed E-state index contributed by atoms with van der Waals surface area (Å²) in [6, 6.07) is 3.77. The van der Waals surface area contributed by atoms with Gasteiger partial charge in [0, 0.05) is 18.8 Å². The number of aliphatic hydroxyl groups is 1. The second-order valence-electron chi connectivity index (χ2n) is 7.09. The molecule has 6 nitrogen and oxygen atoms in total. The van der Waals surface area contributed by atoms with Gasteiger partial charge in [-0.1, -0.05) is 11.6 Å². The van der Waals surface area contributed by atoms with Gasteiger partial charge < -0.3 is 10.4 Å². The minimum atomic E-state index is -0.105. The van der Waals surface area contributed by atoms with Crippen molar-refractivity contribution >= 4 is 17.5 Å². The monoisotopic (exact) mass is 376 g/mol. The van der Waals surface area contributed by atoms with Crippen molar-refractivity contribution in [3.05, 3.63) is 46.0 Å². The quantitative estimate of drug-likeness (QED) is 0.840. The number of pyridine rings is 1. The Morgan fingerprint density at radius 1 is 1.31 bits per heavy atom. The first-order chi connectivity index (χ1) is 12.5. The van der Waals surface area contributed by atoms with Gasteiger partial charge in [-0.2, -0.15) is 5.10 Å². The zero-order valence-corrected chi connectivity index (χ0v) is 16.0. The molecule has 0 atom stereocenters. The standard InChI is InChI=1S/C19H25ClN4O2/c1-12-7-17(11-25)24(23-12)10-14-3-5-16(6-4-14)22-19(26)18-8-15(20)9-21-13(18)2/h7-9,14,16,25H,3-6,10-11H2,1-2H3,(H,22,26)/t14-,16-. The van der Waals surface area contributed by atoms with Crippen molar-refractivity contribution in [2.45, 2.75) is 58.7 Å². The second kappa shape index (κ2) is 8.18. The Morgan fingerprint density at radius 3 is 2.73 bits per heavy atom. The molecule has 1 saturated carbocycles. The van der Waals surface area contributed by atoms with Gasteiger partial charge in [-0.3, -0.25) is 14.5 Å². The summed E-state index contributed by atoms with van der Waals surface area (Å²) in [7, 11) is 0. The van der Waals surface area contributed by atoms with Crippen LogP contribution in [0.5, 0.6) is 0 Å². The molecule has 1 amide bonds. The van der Waals surface area contributed by atoms with Crippen molar-refractivity contribution in [1.82, 2.24) is 20.1 Å². The average molecular weight is 377 g/mol. The van der Waals surface area contributed by atoms with E-state index < -0.39 is 0 Å². The third kappa shape index (κ3) is 4.43. The van der Waals surface area contributed by atoms with E-state index in [0.717, 1.165) is 43.6 Å². The summed E-state index contributed by atoms with van der Waals surface area (Å²) in [4.78, 5) is 16.6. The fraction of sp³-hybridized carbons (Fsp3) is 0.526. The largest absolute Gasteiger partial charge is 0.390 e. The molecule has 1 aliphatic carbocycles. The summed E-state index contributed by atoms with van der Waals surface area (Å²) in [5.74, 6) is 0.411. The molecule has 2 aromatic rings. The maximum Gasteiger partial charge on any atom is 0.253 e. The van der Waals surface area contributed by atoms with Crippen molar-refractivity contribution in [3.63, 3.8) is 0 Å². The highest BCUT2D eigenvalue weighted by molar-refractivity contribution is 6.30. The van der Waals surface area contributed by atoms with Crippen molar-refractivity contribution in [2.75, 3.05) is 0 Å². The van der Waals surface area contributed by atoms with Crippen LogP contribution in [0.15, 0.2) is 18.3 Å². The summed E-state index contributed by atoms with van der Waals surface area (Å²) >= 11 is 5.96. The number of halogens is 1. The van der Waals surface area contributed by atoms with Crippen LogP contribution >= 0.6 is 11.6 Å². The molecule has 3 rings (SSSR count). The summed E-state index contributed by atoms with van der Waals surface area (Å²) in [5, 5.41) is 17.5. The van der Waals surface area contributed by atoms with Gasteiger partial charge in [0.15, 0.2) is 0 Å². The van der Waals surface area contributed by atoms with Crippen LogP contribution in [0.2, 0.25) is 5.02 Å². The van der Waals surface area contributed by atoms with Gasteiger partial charge in [-0.05, 0) is 57.6 Å². The number of nitrogens with one attached hydrogen (secondary N) is 1. The number of nitrogens with zero attached hydrogens (tertiary/aromatic N) is 3. The molecular formula is C19H25ClN4O2. The smallest absolute Gasteiger partial charge is 0.253 e. The predicted molar refractivity (Wildman–Crippen MR) is 100 cm³/mol. The maximum atomic E-state index is 12.5. The van der Waals surface area contributed by atoms with E-state index in [9.17, 15) is 9.90 Å². The van der Waals surface area contributed by atoms with E-state index in [-0.39, 0.29) is 18.6 Å². The lowest BCUT2D eigenvalue weighted by molar-refractivity contribution is 0.0918. The molecule has 140 valence electrons. The molecule has 2 N–H and O–H groups in total. The highest BCUT2D eigenvalue weighted by Gasteiger charge is 2.24. The lowest BCUT2D eigenvalue weighted by Gasteiger charge is -2.29. The lowest BCUT2D eigenvalue weighted by atomic mass is 9.86. The van der Waals surface area contributed by atoms with Gasteiger partial charge in [0.05, 0.1) is 34.3 Å². The van der Waals surface area contributed by atoms with E-state index in [1.54, 1.807) is 12.3 Å². The average Bonchev–Trinajstić information content (AvgIpc) is 2.98. The molecule has 0 saturated heterocycles. The Balaban J connectivity index is 1.53. The van der Waals surface area contributed by atoms with Gasteiger partial charge in [0.1, 0.15) is 0 Å². The highest BCUT2D eigenvalue weighted by Crippen LogP contribution is 2.26. The van der Waals surface area contributed by atoms with Gasteiger partial charge >= 0.3 is 0 Å². The minimum Gasteiger partial charge on any atom is -0.390 e. The molecule has 2 aromatic heterocycles. The van der Waals surface area contributed by atoms with E-state index in [0.29, 0.717) is 22.2 Å². The number of aromatic nitrogens is 3. The zero-order valence-electron chi connectivity index (χ0n) is 15.2. The first-order valence-electron chi connectivity index (χ1n) is 9.03. The van der Waals surface area contributed by atoms with Gasteiger partial charge in [0.2, 0.25) is 0 Å². The van der Waals surface area contributed by atoms with Crippen molar-refractivity contribution in [3.8, 4) is 0 Å². The van der Waals surface area contributed by atoms with Crippen LogP contribution in [-0.2, 0) is 13.2 Å². The first kappa shape index (κ1) is 18.9. The topological polar surface area (TPSA) is 80.0 Å². The number of carbonyl (C=O) groups excluding carboxylic acids is 1. The SMILES string of the molecule is Cc1cc(CO)n(C[C@H]2CC[C@H](NC(=O)c3cc(Cl)cnc3C)CC2)n1. The minimum absolute atomic E-state index is 0.0132. The zero-order chi connectivity index (χ0) is 18.7. The summed E-state index contributed by atoms with van der Waals surface area (Å²) in [6.45, 7) is 4.59. The van der Waals surface area contributed by atoms with E-state index in [1.807, 2.05) is 24.6 Å². The predicted octanol–water partition coefficient (Wildman–Crippen LogP) is 3.03. The van der Waals surface area contributed by atoms with Crippen LogP contribution in [0.4, 0.5) is 0 Å². The van der Waals surface area contributed by atoms with Crippen LogP contribution in [0.3, 0.4) is 0 Å². The number of amides is 1. The fourth-order valence-corrected chi connectivity index (χ4v) is 3.78. The summed E-state index contributed by atoms with van der Waals surface area (Å²) in [5.41, 5.74) is 3.02. The Labute approximate surface area is 158 Å². The van der Waals surface area contributed by atoms with E-state index in [1.165, 1.54) is 0 Å². The maximum absolute atomic E-state index is 12.5. The Morgan fingerprint density at radius 2 is 2.04 bits per heavy atom. The molecule has 0 spiro atoms. The van der Waals surface area contributed by atoms with Gasteiger partial charge in [0.25, 0.3) is 5.91 Å². The van der Waals surface area contributed by atoms with E-state index >= 15 is 0 Å². The molecule has 0 bridgehead atoms. The second-order valence-corrected chi connectivity index (χ2v) is 7.53. The Bertz CT molecular complexity index is 782. The summed E-state index contributed by atoms with van der Waals surface area (Å²) < 4.78 is 1.92. The molecule has 0 unspecified atom stereocenters. The third-order valence-electron chi connectivity index (χ3n) is 5.06. The number of aryl methyl sites for hydroxylation is 2. The van der Waals surface area contributed by atoms with Crippen molar-refractivity contribution in [1.29, 1.82) is 0 Å². The molecule has 0 radical (unpaired) electrons. The van der Waals surface area contributed by atoms with Crippen LogP contribution in [0.1, 0.15) is 53.1 Å². The number of hydrogen-bond acceptors (Lipinski definition) is 4. The van der Waals surface area contributed by atoms with Crippen LogP contribution in [0.25, 0.3) is 0 Å². The van der Waals surface area contributed by atoms with Crippen molar-refractivity contribution in [2.24, 2.45) is 5.92 Å². The molecule has 2 heterocycles. The first-order valence-corrected chi connectivity index (χ1v) is 9.41. The van der Waals surface area contributed by atoms with Crippen LogP contribution in [0, 0.1) is 19.8 Å². The molecule has 0 aromatic carbocycles. The normalized spacial score (nSPS) is 20.2. The van der Waals surface area contributed by atoms with E-state index in [4.69, 9.17) is 11.6 Å². The lowest BCUT2D eigenvalue weighted by Crippen LogP contribution is -2.38. The van der Waals surface area contributed by atoms with E-state index in [2.05, 4.69) is 15.4 Å².